The van der Waals surface area contributed by atoms with Crippen molar-refractivity contribution in [3.63, 3.8) is 0 Å². The monoisotopic (exact) mass is 418 g/mol. The zero-order valence-corrected chi connectivity index (χ0v) is 20.7. The van der Waals surface area contributed by atoms with Gasteiger partial charge in [0.15, 0.2) is 0 Å². The van der Waals surface area contributed by atoms with Crippen LogP contribution in [-0.2, 0) is 0 Å². The summed E-state index contributed by atoms with van der Waals surface area (Å²) in [5.41, 5.74) is 0.734. The Morgan fingerprint density at radius 1 is 0.833 bits per heavy atom. The molecule has 2 N–H and O–H groups in total. The van der Waals surface area contributed by atoms with Crippen LogP contribution in [0, 0.1) is 58.2 Å². The Kier molecular flexibility index (Phi) is 6.44. The Morgan fingerprint density at radius 3 is 2.23 bits per heavy atom. The summed E-state index contributed by atoms with van der Waals surface area (Å²) < 4.78 is 0. The normalized spacial score (nSPS) is 50.5. The van der Waals surface area contributed by atoms with E-state index in [1.807, 2.05) is 0 Å². The molecule has 0 unspecified atom stereocenters. The fraction of sp³-hybridized carbons (Fsp3) is 1.00. The van der Waals surface area contributed by atoms with Gasteiger partial charge in [-0.15, -0.1) is 0 Å². The summed E-state index contributed by atoms with van der Waals surface area (Å²) in [5, 5.41) is 21.7. The van der Waals surface area contributed by atoms with E-state index in [9.17, 15) is 10.2 Å². The highest BCUT2D eigenvalue weighted by atomic mass is 16.3. The van der Waals surface area contributed by atoms with Crippen LogP contribution in [0.2, 0.25) is 0 Å². The lowest BCUT2D eigenvalue weighted by Crippen LogP contribution is -2.55. The van der Waals surface area contributed by atoms with E-state index in [1.54, 1.807) is 0 Å². The predicted molar refractivity (Wildman–Crippen MR) is 125 cm³/mol. The molecule has 0 saturated heterocycles. The van der Waals surface area contributed by atoms with Crippen LogP contribution in [0.25, 0.3) is 0 Å². The molecule has 30 heavy (non-hydrogen) atoms. The van der Waals surface area contributed by atoms with Gasteiger partial charge in [-0.25, -0.2) is 0 Å². The third-order valence-corrected chi connectivity index (χ3v) is 11.6. The fourth-order valence-electron chi connectivity index (χ4n) is 9.29. The van der Waals surface area contributed by atoms with Gasteiger partial charge in [-0.1, -0.05) is 54.4 Å². The van der Waals surface area contributed by atoms with Crippen molar-refractivity contribution in [2.75, 3.05) is 0 Å². The molecule has 0 aromatic rings. The lowest BCUT2D eigenvalue weighted by atomic mass is 9.44. The van der Waals surface area contributed by atoms with Crippen molar-refractivity contribution in [3.8, 4) is 0 Å². The van der Waals surface area contributed by atoms with Crippen LogP contribution in [-0.4, -0.2) is 22.4 Å². The third kappa shape index (κ3) is 3.70. The SMILES string of the molecule is CC(C)[C@@H](C)CC[C@@H](C)[C@H]1C[C@H](O)[C@H]2[C@@H]3CC[C@H]4C[C@@H](O)CC[C@]4(C)[C@H]3CC[C@@]21C. The van der Waals surface area contributed by atoms with Crippen LogP contribution in [0.4, 0.5) is 0 Å². The molecule has 4 fully saturated rings. The van der Waals surface area contributed by atoms with Gasteiger partial charge in [-0.05, 0) is 110 Å². The molecular formula is C28H50O2. The Labute approximate surface area is 186 Å². The Bertz CT molecular complexity index is 601. The van der Waals surface area contributed by atoms with E-state index in [-0.39, 0.29) is 12.2 Å². The summed E-state index contributed by atoms with van der Waals surface area (Å²) in [6.45, 7) is 14.7. The second-order valence-corrected chi connectivity index (χ2v) is 13.2. The van der Waals surface area contributed by atoms with Gasteiger partial charge < -0.3 is 10.2 Å². The number of hydrogen-bond acceptors (Lipinski definition) is 2. The summed E-state index contributed by atoms with van der Waals surface area (Å²) >= 11 is 0. The molecule has 0 heterocycles. The zero-order valence-electron chi connectivity index (χ0n) is 20.7. The predicted octanol–water partition coefficient (Wildman–Crippen LogP) is 6.69. The van der Waals surface area contributed by atoms with Gasteiger partial charge in [-0.3, -0.25) is 0 Å². The molecule has 4 rings (SSSR count). The standard InChI is InChI=1S/C28H50O2/c1-17(2)18(3)7-8-19(4)24-16-25(30)26-22-10-9-20-15-21(29)11-13-27(20,5)23(22)12-14-28(24,26)6/h17-26,29-30H,7-16H2,1-6H3/t18-,19+,20-,21-,22+,23-,24+,25-,26+,27-,28+/m0/s1. The van der Waals surface area contributed by atoms with Crippen LogP contribution in [0.3, 0.4) is 0 Å². The molecule has 4 aliphatic rings. The Hall–Kier alpha value is -0.0800. The summed E-state index contributed by atoms with van der Waals surface area (Å²) in [6, 6.07) is 0. The van der Waals surface area contributed by atoms with Crippen molar-refractivity contribution in [2.45, 2.75) is 118 Å². The first-order valence-corrected chi connectivity index (χ1v) is 13.4. The third-order valence-electron chi connectivity index (χ3n) is 11.6. The second-order valence-electron chi connectivity index (χ2n) is 13.2. The molecule has 11 atom stereocenters. The van der Waals surface area contributed by atoms with Gasteiger partial charge in [0.25, 0.3) is 0 Å². The topological polar surface area (TPSA) is 40.5 Å². The van der Waals surface area contributed by atoms with Gasteiger partial charge in [0.05, 0.1) is 12.2 Å². The molecule has 0 aromatic heterocycles. The highest BCUT2D eigenvalue weighted by molar-refractivity contribution is 5.12. The second kappa shape index (κ2) is 8.36. The van der Waals surface area contributed by atoms with E-state index in [2.05, 4.69) is 41.5 Å². The first kappa shape index (κ1) is 23.1. The maximum Gasteiger partial charge on any atom is 0.0579 e. The largest absolute Gasteiger partial charge is 0.393 e. The van der Waals surface area contributed by atoms with Crippen molar-refractivity contribution < 1.29 is 10.2 Å². The molecule has 4 saturated carbocycles. The maximum atomic E-state index is 11.4. The molecular weight excluding hydrogens is 368 g/mol. The Balaban J connectivity index is 1.50. The van der Waals surface area contributed by atoms with Gasteiger partial charge in [0.1, 0.15) is 0 Å². The summed E-state index contributed by atoms with van der Waals surface area (Å²) in [4.78, 5) is 0. The number of fused-ring (bicyclic) bond motifs is 5. The lowest BCUT2D eigenvalue weighted by molar-refractivity contribution is -0.142. The van der Waals surface area contributed by atoms with E-state index in [0.29, 0.717) is 34.5 Å². The number of aliphatic hydroxyl groups is 2. The average molecular weight is 419 g/mol. The van der Waals surface area contributed by atoms with Crippen molar-refractivity contribution in [3.05, 3.63) is 0 Å². The first-order valence-electron chi connectivity index (χ1n) is 13.4. The molecule has 4 aliphatic carbocycles. The molecule has 0 amide bonds. The van der Waals surface area contributed by atoms with Crippen molar-refractivity contribution in [1.29, 1.82) is 0 Å². The minimum absolute atomic E-state index is 0.0657. The molecule has 0 spiro atoms. The van der Waals surface area contributed by atoms with Crippen molar-refractivity contribution >= 4 is 0 Å². The fourth-order valence-corrected chi connectivity index (χ4v) is 9.29. The highest BCUT2D eigenvalue weighted by Crippen LogP contribution is 2.68. The zero-order chi connectivity index (χ0) is 21.8. The lowest BCUT2D eigenvalue weighted by Gasteiger charge is -2.61. The van der Waals surface area contributed by atoms with Crippen LogP contribution in [0.1, 0.15) is 106 Å². The first-order chi connectivity index (χ1) is 14.1. The van der Waals surface area contributed by atoms with E-state index < -0.39 is 0 Å². The Morgan fingerprint density at radius 2 is 1.53 bits per heavy atom. The summed E-state index contributed by atoms with van der Waals surface area (Å²) in [6.07, 6.45) is 12.0. The van der Waals surface area contributed by atoms with E-state index >= 15 is 0 Å². The van der Waals surface area contributed by atoms with Crippen LogP contribution < -0.4 is 0 Å². The number of hydrogen-bond donors (Lipinski definition) is 2. The van der Waals surface area contributed by atoms with Crippen LogP contribution in [0.5, 0.6) is 0 Å². The molecule has 2 nitrogen and oxygen atoms in total. The van der Waals surface area contributed by atoms with Gasteiger partial charge >= 0.3 is 0 Å². The minimum Gasteiger partial charge on any atom is -0.393 e. The van der Waals surface area contributed by atoms with Crippen LogP contribution >= 0.6 is 0 Å². The van der Waals surface area contributed by atoms with Crippen LogP contribution in [0.15, 0.2) is 0 Å². The number of rotatable bonds is 5. The van der Waals surface area contributed by atoms with Crippen molar-refractivity contribution in [2.24, 2.45) is 58.2 Å². The molecule has 0 bridgehead atoms. The molecule has 0 aromatic carbocycles. The number of aliphatic hydroxyl groups excluding tert-OH is 2. The molecule has 0 aliphatic heterocycles. The smallest absolute Gasteiger partial charge is 0.0579 e. The average Bonchev–Trinajstić information content (AvgIpc) is 2.97. The van der Waals surface area contributed by atoms with Gasteiger partial charge in [0, 0.05) is 0 Å². The van der Waals surface area contributed by atoms with E-state index in [4.69, 9.17) is 0 Å². The van der Waals surface area contributed by atoms with Gasteiger partial charge in [0.2, 0.25) is 0 Å². The molecule has 0 radical (unpaired) electrons. The minimum atomic E-state index is -0.0906. The highest BCUT2D eigenvalue weighted by Gasteiger charge is 2.63. The molecule has 174 valence electrons. The van der Waals surface area contributed by atoms with Crippen molar-refractivity contribution in [1.82, 2.24) is 0 Å². The maximum absolute atomic E-state index is 11.4. The molecule has 2 heteroatoms. The summed E-state index contributed by atoms with van der Waals surface area (Å²) in [7, 11) is 0. The quantitative estimate of drug-likeness (QED) is 0.522. The van der Waals surface area contributed by atoms with E-state index in [0.717, 1.165) is 42.9 Å². The van der Waals surface area contributed by atoms with E-state index in [1.165, 1.54) is 44.9 Å². The van der Waals surface area contributed by atoms with Gasteiger partial charge in [-0.2, -0.15) is 0 Å². The summed E-state index contributed by atoms with van der Waals surface area (Å²) in [5.74, 6) is 5.69.